The molecule has 120 valence electrons. The number of carbonyl (C=O) groups excluding carboxylic acids is 1. The molecule has 1 aliphatic heterocycles. The van der Waals surface area contributed by atoms with Crippen molar-refractivity contribution in [2.24, 2.45) is 0 Å². The fraction of sp³-hybridized carbons (Fsp3) is 0.316. The maximum atomic E-state index is 12.8. The lowest BCUT2D eigenvalue weighted by Gasteiger charge is -2.25. The third-order valence-corrected chi connectivity index (χ3v) is 4.61. The molecule has 1 aliphatic rings. The molecule has 1 amide bonds. The number of benzene rings is 2. The van der Waals surface area contributed by atoms with Gasteiger partial charge in [0.25, 0.3) is 0 Å². The van der Waals surface area contributed by atoms with E-state index >= 15 is 0 Å². The number of likely N-dealkylation sites (tertiary alicyclic amines) is 1. The lowest BCUT2D eigenvalue weighted by atomic mass is 10.0. The second kappa shape index (κ2) is 7.05. The molecule has 1 saturated heterocycles. The third kappa shape index (κ3) is 3.50. The predicted octanol–water partition coefficient (Wildman–Crippen LogP) is 4.25. The highest BCUT2D eigenvalue weighted by Gasteiger charge is 2.30. The van der Waals surface area contributed by atoms with Gasteiger partial charge in [0.2, 0.25) is 5.91 Å². The molecule has 3 rings (SSSR count). The Kier molecular flexibility index (Phi) is 4.87. The average Bonchev–Trinajstić information content (AvgIpc) is 3.06. The molecule has 3 nitrogen and oxygen atoms in total. The zero-order valence-electron chi connectivity index (χ0n) is 13.2. The Morgan fingerprint density at radius 1 is 1.22 bits per heavy atom. The van der Waals surface area contributed by atoms with E-state index in [0.29, 0.717) is 6.42 Å². The van der Waals surface area contributed by atoms with E-state index in [-0.39, 0.29) is 11.9 Å². The number of rotatable bonds is 4. The fourth-order valence-electron chi connectivity index (χ4n) is 3.21. The number of ether oxygens (including phenoxy) is 1. The van der Waals surface area contributed by atoms with Crippen molar-refractivity contribution < 1.29 is 9.53 Å². The smallest absolute Gasteiger partial charge is 0.227 e. The van der Waals surface area contributed by atoms with E-state index in [1.165, 1.54) is 0 Å². The van der Waals surface area contributed by atoms with Crippen molar-refractivity contribution in [1.82, 2.24) is 4.90 Å². The van der Waals surface area contributed by atoms with Crippen LogP contribution >= 0.6 is 11.6 Å². The van der Waals surface area contributed by atoms with E-state index < -0.39 is 0 Å². The molecule has 1 atom stereocenters. The number of amides is 1. The molecule has 1 heterocycles. The summed E-state index contributed by atoms with van der Waals surface area (Å²) in [6, 6.07) is 15.6. The lowest BCUT2D eigenvalue weighted by Crippen LogP contribution is -2.31. The highest BCUT2D eigenvalue weighted by atomic mass is 35.5. The second-order valence-corrected chi connectivity index (χ2v) is 6.22. The minimum atomic E-state index is 0.145. The molecule has 0 saturated carbocycles. The summed E-state index contributed by atoms with van der Waals surface area (Å²) in [4.78, 5) is 14.8. The molecule has 0 radical (unpaired) electrons. The van der Waals surface area contributed by atoms with Crippen LogP contribution in [-0.4, -0.2) is 24.5 Å². The Balaban J connectivity index is 1.77. The van der Waals surface area contributed by atoms with Gasteiger partial charge in [-0.1, -0.05) is 41.9 Å². The van der Waals surface area contributed by atoms with E-state index in [2.05, 4.69) is 0 Å². The van der Waals surface area contributed by atoms with Crippen molar-refractivity contribution in [3.63, 3.8) is 0 Å². The first kappa shape index (κ1) is 15.9. The van der Waals surface area contributed by atoms with Crippen molar-refractivity contribution in [3.8, 4) is 5.75 Å². The molecule has 0 bridgehead atoms. The van der Waals surface area contributed by atoms with Gasteiger partial charge in [-0.05, 0) is 36.6 Å². The molecule has 0 spiro atoms. The number of para-hydroxylation sites is 1. The largest absolute Gasteiger partial charge is 0.496 e. The summed E-state index contributed by atoms with van der Waals surface area (Å²) < 4.78 is 5.35. The molecule has 0 N–H and O–H groups in total. The minimum Gasteiger partial charge on any atom is -0.496 e. The Bertz CT molecular complexity index is 684. The number of nitrogens with zero attached hydrogens (tertiary/aromatic N) is 1. The summed E-state index contributed by atoms with van der Waals surface area (Å²) in [5, 5.41) is 0.721. The van der Waals surface area contributed by atoms with Crippen LogP contribution < -0.4 is 4.74 Å². The molecule has 23 heavy (non-hydrogen) atoms. The molecular formula is C19H20ClNO2. The van der Waals surface area contributed by atoms with Crippen molar-refractivity contribution in [3.05, 3.63) is 64.7 Å². The van der Waals surface area contributed by atoms with E-state index in [9.17, 15) is 4.79 Å². The van der Waals surface area contributed by atoms with E-state index in [1.54, 1.807) is 7.11 Å². The maximum Gasteiger partial charge on any atom is 0.227 e. The van der Waals surface area contributed by atoms with Crippen LogP contribution in [-0.2, 0) is 11.2 Å². The van der Waals surface area contributed by atoms with Gasteiger partial charge in [-0.15, -0.1) is 0 Å². The third-order valence-electron chi connectivity index (χ3n) is 4.36. The van der Waals surface area contributed by atoms with Crippen LogP contribution in [0.15, 0.2) is 48.5 Å². The standard InChI is InChI=1S/C19H20ClNO2/c1-23-18-7-3-2-5-15(18)13-19(22)21-12-4-6-17(21)14-8-10-16(20)11-9-14/h2-3,5,7-11,17H,4,6,12-13H2,1H3/t17-/m0/s1. The monoisotopic (exact) mass is 329 g/mol. The highest BCUT2D eigenvalue weighted by Crippen LogP contribution is 2.33. The van der Waals surface area contributed by atoms with E-state index in [4.69, 9.17) is 16.3 Å². The van der Waals surface area contributed by atoms with Crippen molar-refractivity contribution in [2.45, 2.75) is 25.3 Å². The maximum absolute atomic E-state index is 12.8. The summed E-state index contributed by atoms with van der Waals surface area (Å²) in [6.45, 7) is 0.807. The first-order chi connectivity index (χ1) is 11.2. The topological polar surface area (TPSA) is 29.5 Å². The Hall–Kier alpha value is -2.00. The number of methoxy groups -OCH3 is 1. The molecular weight excluding hydrogens is 310 g/mol. The number of hydrogen-bond acceptors (Lipinski definition) is 2. The van der Waals surface area contributed by atoms with Gasteiger partial charge < -0.3 is 9.64 Å². The van der Waals surface area contributed by atoms with E-state index in [0.717, 1.165) is 41.3 Å². The summed E-state index contributed by atoms with van der Waals surface area (Å²) >= 11 is 5.96. The molecule has 2 aromatic rings. The molecule has 0 aliphatic carbocycles. The molecule has 2 aromatic carbocycles. The van der Waals surface area contributed by atoms with Crippen LogP contribution in [0, 0.1) is 0 Å². The normalized spacial score (nSPS) is 17.3. The van der Waals surface area contributed by atoms with Gasteiger partial charge in [0.1, 0.15) is 5.75 Å². The summed E-state index contributed by atoms with van der Waals surface area (Å²) in [5.41, 5.74) is 2.09. The number of halogens is 1. The van der Waals surface area contributed by atoms with Gasteiger partial charge in [0.15, 0.2) is 0 Å². The number of carbonyl (C=O) groups is 1. The van der Waals surface area contributed by atoms with Gasteiger partial charge in [-0.3, -0.25) is 4.79 Å². The van der Waals surface area contributed by atoms with Crippen molar-refractivity contribution >= 4 is 17.5 Å². The van der Waals surface area contributed by atoms with Crippen molar-refractivity contribution in [2.75, 3.05) is 13.7 Å². The second-order valence-electron chi connectivity index (χ2n) is 5.79. The van der Waals surface area contributed by atoms with Crippen LogP contribution in [0.5, 0.6) is 5.75 Å². The van der Waals surface area contributed by atoms with Crippen molar-refractivity contribution in [1.29, 1.82) is 0 Å². The zero-order chi connectivity index (χ0) is 16.2. The molecule has 4 heteroatoms. The summed E-state index contributed by atoms with van der Waals surface area (Å²) in [6.07, 6.45) is 2.40. The first-order valence-electron chi connectivity index (χ1n) is 7.86. The Morgan fingerprint density at radius 3 is 2.70 bits per heavy atom. The van der Waals surface area contributed by atoms with E-state index in [1.807, 2.05) is 53.4 Å². The number of hydrogen-bond donors (Lipinski definition) is 0. The van der Waals surface area contributed by atoms with Gasteiger partial charge in [-0.2, -0.15) is 0 Å². The Morgan fingerprint density at radius 2 is 1.96 bits per heavy atom. The van der Waals surface area contributed by atoms with Crippen LogP contribution in [0.25, 0.3) is 0 Å². The molecule has 0 aromatic heterocycles. The first-order valence-corrected chi connectivity index (χ1v) is 8.23. The van der Waals surface area contributed by atoms with Gasteiger partial charge >= 0.3 is 0 Å². The van der Waals surface area contributed by atoms with Crippen LogP contribution in [0.2, 0.25) is 5.02 Å². The van der Waals surface area contributed by atoms with Gasteiger partial charge in [0.05, 0.1) is 19.6 Å². The minimum absolute atomic E-state index is 0.145. The Labute approximate surface area is 141 Å². The zero-order valence-corrected chi connectivity index (χ0v) is 13.9. The molecule has 1 fully saturated rings. The lowest BCUT2D eigenvalue weighted by molar-refractivity contribution is -0.131. The van der Waals surface area contributed by atoms with Crippen LogP contribution in [0.3, 0.4) is 0 Å². The fourth-order valence-corrected chi connectivity index (χ4v) is 3.34. The van der Waals surface area contributed by atoms with Gasteiger partial charge in [0, 0.05) is 17.1 Å². The highest BCUT2D eigenvalue weighted by molar-refractivity contribution is 6.30. The SMILES string of the molecule is COc1ccccc1CC(=O)N1CCC[C@H]1c1ccc(Cl)cc1. The summed E-state index contributed by atoms with van der Waals surface area (Å²) in [5.74, 6) is 0.912. The molecule has 0 unspecified atom stereocenters. The van der Waals surface area contributed by atoms with Gasteiger partial charge in [-0.25, -0.2) is 0 Å². The average molecular weight is 330 g/mol. The quantitative estimate of drug-likeness (QED) is 0.839. The predicted molar refractivity (Wildman–Crippen MR) is 91.8 cm³/mol. The van der Waals surface area contributed by atoms with Crippen LogP contribution in [0.1, 0.15) is 30.0 Å². The van der Waals surface area contributed by atoms with Crippen LogP contribution in [0.4, 0.5) is 0 Å². The summed E-state index contributed by atoms with van der Waals surface area (Å²) in [7, 11) is 1.63.